The number of benzene rings is 1. The quantitative estimate of drug-likeness (QED) is 0.597. The normalized spacial score (nSPS) is 19.0. The molecule has 1 fully saturated rings. The smallest absolute Gasteiger partial charge is 0.317 e. The van der Waals surface area contributed by atoms with Crippen molar-refractivity contribution in [3.05, 3.63) is 48.7 Å². The second-order valence-corrected chi connectivity index (χ2v) is 7.38. The van der Waals surface area contributed by atoms with E-state index >= 15 is 0 Å². The summed E-state index contributed by atoms with van der Waals surface area (Å²) in [7, 11) is 1.61. The summed E-state index contributed by atoms with van der Waals surface area (Å²) < 4.78 is 26.2. The fourth-order valence-electron chi connectivity index (χ4n) is 3.81. The van der Waals surface area contributed by atoms with Gasteiger partial charge in [0.25, 0.3) is 0 Å². The molecule has 0 unspecified atom stereocenters. The summed E-state index contributed by atoms with van der Waals surface area (Å²) in [5.74, 6) is -0.295. The van der Waals surface area contributed by atoms with Gasteiger partial charge in [0.15, 0.2) is 0 Å². The molecule has 2 heterocycles. The maximum absolute atomic E-state index is 13.5. The molecule has 0 bridgehead atoms. The molecule has 3 aromatic rings. The first-order valence-electron chi connectivity index (χ1n) is 10.1. The highest BCUT2D eigenvalue weighted by Gasteiger charge is 2.26. The minimum atomic E-state index is -0.295. The standard InChI is InChI=1S/C22H25FN4O3/c1-29-12-13-30-22-24-11-10-19(26-22)21-20(15-2-4-16(23)5-3-15)25-14-27(21)17-6-8-18(28)9-7-17/h2-5,10-11,14,17-18,28H,6-9,12-13H2,1H3/t17-,18-. The van der Waals surface area contributed by atoms with Gasteiger partial charge in [0.2, 0.25) is 0 Å². The maximum atomic E-state index is 13.5. The van der Waals surface area contributed by atoms with Crippen LogP contribution in [-0.4, -0.2) is 51.1 Å². The van der Waals surface area contributed by atoms with E-state index in [1.807, 2.05) is 12.4 Å². The number of aromatic nitrogens is 4. The molecule has 1 aliphatic rings. The Bertz CT molecular complexity index is 969. The highest BCUT2D eigenvalue weighted by atomic mass is 19.1. The molecule has 0 amide bonds. The third-order valence-corrected chi connectivity index (χ3v) is 5.37. The van der Waals surface area contributed by atoms with E-state index in [-0.39, 0.29) is 24.0 Å². The molecule has 30 heavy (non-hydrogen) atoms. The third-order valence-electron chi connectivity index (χ3n) is 5.37. The number of hydrogen-bond acceptors (Lipinski definition) is 6. The summed E-state index contributed by atoms with van der Waals surface area (Å²) in [4.78, 5) is 13.4. The minimum Gasteiger partial charge on any atom is -0.461 e. The van der Waals surface area contributed by atoms with Crippen LogP contribution in [0.25, 0.3) is 22.6 Å². The molecule has 8 heteroatoms. The number of methoxy groups -OCH3 is 1. The lowest BCUT2D eigenvalue weighted by Gasteiger charge is -2.28. The summed E-state index contributed by atoms with van der Waals surface area (Å²) in [5, 5.41) is 9.90. The Morgan fingerprint density at radius 2 is 1.83 bits per heavy atom. The third kappa shape index (κ3) is 4.49. The average molecular weight is 412 g/mol. The van der Waals surface area contributed by atoms with Crippen LogP contribution in [0, 0.1) is 5.82 Å². The van der Waals surface area contributed by atoms with Crippen LogP contribution in [0.1, 0.15) is 31.7 Å². The van der Waals surface area contributed by atoms with Crippen molar-refractivity contribution in [2.24, 2.45) is 0 Å². The van der Waals surface area contributed by atoms with Gasteiger partial charge >= 0.3 is 6.01 Å². The van der Waals surface area contributed by atoms with Crippen molar-refractivity contribution in [2.45, 2.75) is 37.8 Å². The van der Waals surface area contributed by atoms with Crippen LogP contribution in [0.15, 0.2) is 42.9 Å². The number of rotatable bonds is 7. The zero-order chi connectivity index (χ0) is 20.9. The average Bonchev–Trinajstić information content (AvgIpc) is 3.20. The Kier molecular flexibility index (Phi) is 6.35. The highest BCUT2D eigenvalue weighted by Crippen LogP contribution is 2.37. The van der Waals surface area contributed by atoms with Crippen LogP contribution < -0.4 is 4.74 Å². The van der Waals surface area contributed by atoms with Crippen LogP contribution in [0.3, 0.4) is 0 Å². The number of imidazole rings is 1. The van der Waals surface area contributed by atoms with Crippen molar-refractivity contribution in [3.63, 3.8) is 0 Å². The Morgan fingerprint density at radius 1 is 1.07 bits per heavy atom. The topological polar surface area (TPSA) is 82.3 Å². The van der Waals surface area contributed by atoms with Crippen LogP contribution in [0.2, 0.25) is 0 Å². The molecule has 7 nitrogen and oxygen atoms in total. The lowest BCUT2D eigenvalue weighted by atomic mass is 9.92. The van der Waals surface area contributed by atoms with E-state index in [0.717, 1.165) is 42.6 Å². The van der Waals surface area contributed by atoms with Crippen molar-refractivity contribution < 1.29 is 19.0 Å². The molecule has 0 radical (unpaired) electrons. The second kappa shape index (κ2) is 9.32. The van der Waals surface area contributed by atoms with Gasteiger partial charge in [-0.3, -0.25) is 0 Å². The zero-order valence-electron chi connectivity index (χ0n) is 16.9. The molecule has 1 saturated carbocycles. The Labute approximate surface area is 174 Å². The molecule has 1 aliphatic carbocycles. The number of nitrogens with zero attached hydrogens (tertiary/aromatic N) is 4. The second-order valence-electron chi connectivity index (χ2n) is 7.38. The number of aliphatic hydroxyl groups is 1. The van der Waals surface area contributed by atoms with E-state index in [1.165, 1.54) is 12.1 Å². The molecule has 0 atom stereocenters. The Morgan fingerprint density at radius 3 is 2.57 bits per heavy atom. The first-order chi connectivity index (χ1) is 14.7. The highest BCUT2D eigenvalue weighted by molar-refractivity contribution is 5.77. The summed E-state index contributed by atoms with van der Waals surface area (Å²) in [6.07, 6.45) is 6.44. The first kappa shape index (κ1) is 20.4. The van der Waals surface area contributed by atoms with Crippen LogP contribution in [0.4, 0.5) is 4.39 Å². The van der Waals surface area contributed by atoms with Gasteiger partial charge < -0.3 is 19.1 Å². The molecule has 2 aromatic heterocycles. The van der Waals surface area contributed by atoms with Crippen molar-refractivity contribution in [1.29, 1.82) is 0 Å². The molecular weight excluding hydrogens is 387 g/mol. The minimum absolute atomic E-state index is 0.206. The fourth-order valence-corrected chi connectivity index (χ4v) is 3.81. The molecular formula is C22H25FN4O3. The van der Waals surface area contributed by atoms with E-state index in [4.69, 9.17) is 9.47 Å². The number of halogens is 1. The lowest BCUT2D eigenvalue weighted by Crippen LogP contribution is -2.21. The van der Waals surface area contributed by atoms with Gasteiger partial charge in [0.05, 0.1) is 36.1 Å². The van der Waals surface area contributed by atoms with Crippen LogP contribution in [0.5, 0.6) is 6.01 Å². The fraction of sp³-hybridized carbons (Fsp3) is 0.409. The number of hydrogen-bond donors (Lipinski definition) is 1. The SMILES string of the molecule is COCCOc1nccc(-c2c(-c3ccc(F)cc3)ncn2[C@H]2CC[C@H](O)CC2)n1. The van der Waals surface area contributed by atoms with Gasteiger partial charge in [-0.15, -0.1) is 0 Å². The molecule has 1 aromatic carbocycles. The van der Waals surface area contributed by atoms with Gasteiger partial charge in [-0.05, 0) is 56.0 Å². The van der Waals surface area contributed by atoms with Crippen molar-refractivity contribution >= 4 is 0 Å². The van der Waals surface area contributed by atoms with E-state index in [2.05, 4.69) is 19.5 Å². The molecule has 0 saturated heterocycles. The molecule has 0 spiro atoms. The van der Waals surface area contributed by atoms with Gasteiger partial charge in [0.1, 0.15) is 12.4 Å². The summed E-state index contributed by atoms with van der Waals surface area (Å²) in [6, 6.07) is 8.57. The number of ether oxygens (including phenoxy) is 2. The predicted molar refractivity (Wildman–Crippen MR) is 110 cm³/mol. The summed E-state index contributed by atoms with van der Waals surface area (Å²) in [6.45, 7) is 0.793. The monoisotopic (exact) mass is 412 g/mol. The van der Waals surface area contributed by atoms with Crippen molar-refractivity contribution in [1.82, 2.24) is 19.5 Å². The van der Waals surface area contributed by atoms with E-state index in [1.54, 1.807) is 25.4 Å². The van der Waals surface area contributed by atoms with Gasteiger partial charge in [-0.2, -0.15) is 4.98 Å². The van der Waals surface area contributed by atoms with Crippen LogP contribution >= 0.6 is 0 Å². The lowest BCUT2D eigenvalue weighted by molar-refractivity contribution is 0.111. The molecule has 0 aliphatic heterocycles. The summed E-state index contributed by atoms with van der Waals surface area (Å²) in [5.41, 5.74) is 3.05. The summed E-state index contributed by atoms with van der Waals surface area (Å²) >= 11 is 0. The maximum Gasteiger partial charge on any atom is 0.317 e. The van der Waals surface area contributed by atoms with Gasteiger partial charge in [-0.1, -0.05) is 0 Å². The molecule has 1 N–H and O–H groups in total. The van der Waals surface area contributed by atoms with E-state index in [9.17, 15) is 9.50 Å². The predicted octanol–water partition coefficient (Wildman–Crippen LogP) is 3.65. The van der Waals surface area contributed by atoms with Crippen molar-refractivity contribution in [2.75, 3.05) is 20.3 Å². The van der Waals surface area contributed by atoms with Crippen LogP contribution in [-0.2, 0) is 4.74 Å². The Hall–Kier alpha value is -2.84. The van der Waals surface area contributed by atoms with E-state index < -0.39 is 0 Å². The Balaban J connectivity index is 1.74. The van der Waals surface area contributed by atoms with Gasteiger partial charge in [-0.25, -0.2) is 14.4 Å². The molecule has 158 valence electrons. The van der Waals surface area contributed by atoms with Crippen molar-refractivity contribution in [3.8, 4) is 28.7 Å². The van der Waals surface area contributed by atoms with Gasteiger partial charge in [0, 0.05) is 24.9 Å². The molecule has 4 rings (SSSR count). The number of aliphatic hydroxyl groups excluding tert-OH is 1. The van der Waals surface area contributed by atoms with E-state index in [0.29, 0.717) is 18.9 Å². The first-order valence-corrected chi connectivity index (χ1v) is 10.1. The zero-order valence-corrected chi connectivity index (χ0v) is 16.9. The largest absolute Gasteiger partial charge is 0.461 e.